The average Bonchev–Trinajstić information content (AvgIpc) is 2.39. The maximum atomic E-state index is 9.76. The molecule has 1 aromatic rings. The number of rotatable bonds is 3. The van der Waals surface area contributed by atoms with E-state index < -0.39 is 0 Å². The number of hydrogen-bond acceptors (Lipinski definition) is 3. The Morgan fingerprint density at radius 2 is 1.94 bits per heavy atom. The third-order valence-corrected chi connectivity index (χ3v) is 3.75. The van der Waals surface area contributed by atoms with E-state index in [4.69, 9.17) is 10.5 Å². The van der Waals surface area contributed by atoms with Gasteiger partial charge in [0.05, 0.1) is 7.11 Å². The zero-order chi connectivity index (χ0) is 12.3. The lowest BCUT2D eigenvalue weighted by molar-refractivity contribution is 0.307. The number of aromatic hydroxyl groups is 1. The predicted octanol–water partition coefficient (Wildman–Crippen LogP) is 3.40. The van der Waals surface area contributed by atoms with Gasteiger partial charge in [-0.25, -0.2) is 0 Å². The number of benzene rings is 1. The third-order valence-electron chi connectivity index (χ3n) is 3.75. The summed E-state index contributed by atoms with van der Waals surface area (Å²) >= 11 is 0. The molecule has 1 aromatic carbocycles. The minimum absolute atomic E-state index is 0. The van der Waals surface area contributed by atoms with Crippen LogP contribution >= 0.6 is 12.4 Å². The van der Waals surface area contributed by atoms with Gasteiger partial charge in [-0.05, 0) is 36.5 Å². The topological polar surface area (TPSA) is 55.5 Å². The summed E-state index contributed by atoms with van der Waals surface area (Å²) in [5, 5.41) is 9.76. The lowest BCUT2D eigenvalue weighted by Gasteiger charge is -2.27. The fourth-order valence-electron chi connectivity index (χ4n) is 2.68. The number of hydrogen-bond donors (Lipinski definition) is 2. The van der Waals surface area contributed by atoms with Crippen LogP contribution < -0.4 is 10.5 Å². The molecule has 1 saturated carbocycles. The van der Waals surface area contributed by atoms with Crippen molar-refractivity contribution in [3.05, 3.63) is 23.8 Å². The number of methoxy groups -OCH3 is 1. The summed E-state index contributed by atoms with van der Waals surface area (Å²) < 4.78 is 5.03. The molecule has 0 aliphatic heterocycles. The van der Waals surface area contributed by atoms with Crippen LogP contribution in [0.2, 0.25) is 0 Å². The Labute approximate surface area is 115 Å². The van der Waals surface area contributed by atoms with Crippen molar-refractivity contribution in [3.8, 4) is 11.5 Å². The molecule has 1 atom stereocenters. The minimum atomic E-state index is 0. The summed E-state index contributed by atoms with van der Waals surface area (Å²) in [7, 11) is 1.55. The molecule has 0 bridgehead atoms. The summed E-state index contributed by atoms with van der Waals surface area (Å²) in [6.45, 7) is 0. The normalized spacial score (nSPS) is 17.9. The molecule has 3 nitrogen and oxygen atoms in total. The van der Waals surface area contributed by atoms with E-state index in [0.29, 0.717) is 11.7 Å². The fourth-order valence-corrected chi connectivity index (χ4v) is 2.68. The van der Waals surface area contributed by atoms with Crippen molar-refractivity contribution < 1.29 is 9.84 Å². The Morgan fingerprint density at radius 3 is 2.50 bits per heavy atom. The molecule has 0 saturated heterocycles. The van der Waals surface area contributed by atoms with Gasteiger partial charge in [-0.15, -0.1) is 12.4 Å². The van der Waals surface area contributed by atoms with Gasteiger partial charge in [-0.1, -0.05) is 25.3 Å². The second kappa shape index (κ2) is 6.86. The number of phenolic OH excluding ortho intramolecular Hbond substituents is 1. The van der Waals surface area contributed by atoms with Crippen molar-refractivity contribution in [3.63, 3.8) is 0 Å². The molecular weight excluding hydrogens is 250 g/mol. The van der Waals surface area contributed by atoms with Crippen LogP contribution in [0.25, 0.3) is 0 Å². The molecular formula is C14H22ClNO2. The second-order valence-electron chi connectivity index (χ2n) is 4.86. The largest absolute Gasteiger partial charge is 0.504 e. The van der Waals surface area contributed by atoms with Crippen molar-refractivity contribution >= 4 is 12.4 Å². The summed E-state index contributed by atoms with van der Waals surface area (Å²) in [6.07, 6.45) is 6.29. The Kier molecular flexibility index (Phi) is 5.76. The Hall–Kier alpha value is -0.930. The molecule has 3 N–H and O–H groups in total. The van der Waals surface area contributed by atoms with E-state index >= 15 is 0 Å². The SMILES string of the molecule is COc1ccc([C@H](N)C2CCCCC2)cc1O.Cl. The van der Waals surface area contributed by atoms with E-state index in [1.54, 1.807) is 19.2 Å². The summed E-state index contributed by atoms with van der Waals surface area (Å²) in [5.74, 6) is 1.23. The van der Waals surface area contributed by atoms with E-state index in [2.05, 4.69) is 0 Å². The molecule has 1 aliphatic carbocycles. The fraction of sp³-hybridized carbons (Fsp3) is 0.571. The first-order chi connectivity index (χ1) is 8.22. The molecule has 1 aliphatic rings. The third kappa shape index (κ3) is 3.30. The summed E-state index contributed by atoms with van der Waals surface area (Å²) in [4.78, 5) is 0. The minimum Gasteiger partial charge on any atom is -0.504 e. The predicted molar refractivity (Wildman–Crippen MR) is 75.4 cm³/mol. The van der Waals surface area contributed by atoms with Gasteiger partial charge in [0, 0.05) is 6.04 Å². The Balaban J connectivity index is 0.00000162. The lowest BCUT2D eigenvalue weighted by Crippen LogP contribution is -2.23. The quantitative estimate of drug-likeness (QED) is 0.886. The molecule has 4 heteroatoms. The molecule has 0 amide bonds. The molecule has 1 fully saturated rings. The van der Waals surface area contributed by atoms with E-state index in [1.807, 2.05) is 6.07 Å². The Bertz CT molecular complexity index is 378. The van der Waals surface area contributed by atoms with Crippen molar-refractivity contribution in [2.75, 3.05) is 7.11 Å². The smallest absolute Gasteiger partial charge is 0.160 e. The van der Waals surface area contributed by atoms with E-state index in [0.717, 1.165) is 5.56 Å². The average molecular weight is 272 g/mol. The molecule has 18 heavy (non-hydrogen) atoms. The summed E-state index contributed by atoms with van der Waals surface area (Å²) in [6, 6.07) is 5.51. The first kappa shape index (κ1) is 15.1. The highest BCUT2D eigenvalue weighted by Gasteiger charge is 2.22. The van der Waals surface area contributed by atoms with Crippen molar-refractivity contribution in [2.24, 2.45) is 11.7 Å². The van der Waals surface area contributed by atoms with Crippen molar-refractivity contribution in [1.82, 2.24) is 0 Å². The van der Waals surface area contributed by atoms with Gasteiger partial charge in [0.25, 0.3) is 0 Å². The monoisotopic (exact) mass is 271 g/mol. The van der Waals surface area contributed by atoms with Gasteiger partial charge in [0.2, 0.25) is 0 Å². The van der Waals surface area contributed by atoms with E-state index in [1.165, 1.54) is 32.1 Å². The highest BCUT2D eigenvalue weighted by atomic mass is 35.5. The maximum absolute atomic E-state index is 9.76. The van der Waals surface area contributed by atoms with Crippen LogP contribution in [-0.2, 0) is 0 Å². The second-order valence-corrected chi connectivity index (χ2v) is 4.86. The molecule has 0 radical (unpaired) electrons. The van der Waals surface area contributed by atoms with Gasteiger partial charge < -0.3 is 15.6 Å². The van der Waals surface area contributed by atoms with Crippen LogP contribution in [-0.4, -0.2) is 12.2 Å². The van der Waals surface area contributed by atoms with E-state index in [9.17, 15) is 5.11 Å². The molecule has 2 rings (SSSR count). The van der Waals surface area contributed by atoms with E-state index in [-0.39, 0.29) is 24.2 Å². The zero-order valence-corrected chi connectivity index (χ0v) is 11.6. The van der Waals surface area contributed by atoms with Crippen LogP contribution in [0.4, 0.5) is 0 Å². The van der Waals surface area contributed by atoms with Gasteiger partial charge >= 0.3 is 0 Å². The molecule has 102 valence electrons. The molecule has 0 aromatic heterocycles. The highest BCUT2D eigenvalue weighted by molar-refractivity contribution is 5.85. The number of nitrogens with two attached hydrogens (primary N) is 1. The highest BCUT2D eigenvalue weighted by Crippen LogP contribution is 2.35. The van der Waals surface area contributed by atoms with Crippen LogP contribution in [0, 0.1) is 5.92 Å². The number of phenols is 1. The van der Waals surface area contributed by atoms with Crippen molar-refractivity contribution in [2.45, 2.75) is 38.1 Å². The van der Waals surface area contributed by atoms with Gasteiger partial charge in [-0.2, -0.15) is 0 Å². The standard InChI is InChI=1S/C14H21NO2.ClH/c1-17-13-8-7-11(9-12(13)16)14(15)10-5-3-2-4-6-10;/h7-10,14,16H,2-6,15H2,1H3;1H/t14-;/m1./s1. The lowest BCUT2D eigenvalue weighted by atomic mass is 9.81. The maximum Gasteiger partial charge on any atom is 0.160 e. The van der Waals surface area contributed by atoms with Crippen LogP contribution in [0.3, 0.4) is 0 Å². The summed E-state index contributed by atoms with van der Waals surface area (Å²) in [5.41, 5.74) is 7.29. The van der Waals surface area contributed by atoms with Gasteiger partial charge in [0.15, 0.2) is 11.5 Å². The van der Waals surface area contributed by atoms with Gasteiger partial charge in [-0.3, -0.25) is 0 Å². The molecule has 0 unspecified atom stereocenters. The number of ether oxygens (including phenoxy) is 1. The van der Waals surface area contributed by atoms with Crippen LogP contribution in [0.1, 0.15) is 43.7 Å². The first-order valence-electron chi connectivity index (χ1n) is 6.35. The first-order valence-corrected chi connectivity index (χ1v) is 6.35. The van der Waals surface area contributed by atoms with Gasteiger partial charge in [0.1, 0.15) is 0 Å². The Morgan fingerprint density at radius 1 is 1.28 bits per heavy atom. The molecule has 0 heterocycles. The van der Waals surface area contributed by atoms with Crippen LogP contribution in [0.15, 0.2) is 18.2 Å². The van der Waals surface area contributed by atoms with Crippen LogP contribution in [0.5, 0.6) is 11.5 Å². The van der Waals surface area contributed by atoms with Crippen molar-refractivity contribution in [1.29, 1.82) is 0 Å². The molecule has 0 spiro atoms. The number of halogens is 1. The zero-order valence-electron chi connectivity index (χ0n) is 10.8.